The highest BCUT2D eigenvalue weighted by Gasteiger charge is 2.13. The highest BCUT2D eigenvalue weighted by molar-refractivity contribution is 6.35. The molecule has 0 bridgehead atoms. The average molecular weight is 326 g/mol. The maximum atomic E-state index is 6.29. The molecule has 0 aliphatic rings. The number of nitrogens with one attached hydrogen (secondary N) is 1. The molecule has 0 saturated heterocycles. The predicted octanol–water partition coefficient (Wildman–Crippen LogP) is 4.49. The number of nitrogens with zero attached hydrogens (tertiary/aromatic N) is 2. The molecule has 3 nitrogen and oxygen atoms in total. The third-order valence-electron chi connectivity index (χ3n) is 3.30. The number of hydrogen-bond acceptors (Lipinski definition) is 2. The Morgan fingerprint density at radius 2 is 2.05 bits per heavy atom. The van der Waals surface area contributed by atoms with E-state index in [0.717, 1.165) is 25.2 Å². The first-order valence-corrected chi connectivity index (χ1v) is 8.00. The van der Waals surface area contributed by atoms with E-state index in [9.17, 15) is 0 Å². The molecule has 0 atom stereocenters. The summed E-state index contributed by atoms with van der Waals surface area (Å²) in [6.07, 6.45) is 2.81. The number of benzene rings is 1. The fourth-order valence-corrected chi connectivity index (χ4v) is 2.78. The minimum Gasteiger partial charge on any atom is -0.312 e. The van der Waals surface area contributed by atoms with Gasteiger partial charge in [0.25, 0.3) is 0 Å². The molecule has 0 spiro atoms. The van der Waals surface area contributed by atoms with Gasteiger partial charge < -0.3 is 5.32 Å². The van der Waals surface area contributed by atoms with Crippen molar-refractivity contribution in [2.45, 2.75) is 33.7 Å². The van der Waals surface area contributed by atoms with Crippen molar-refractivity contribution >= 4 is 23.2 Å². The second-order valence-corrected chi connectivity index (χ2v) is 6.35. The van der Waals surface area contributed by atoms with Crippen molar-refractivity contribution in [2.75, 3.05) is 6.54 Å². The first-order valence-electron chi connectivity index (χ1n) is 7.24. The molecule has 1 heterocycles. The Labute approximate surface area is 136 Å². The molecule has 0 fully saturated rings. The van der Waals surface area contributed by atoms with Crippen LogP contribution in [-0.2, 0) is 13.0 Å². The SMILES string of the molecule is CCc1c(CNCC(C)C)cnn1-c1ccc(Cl)cc1Cl. The van der Waals surface area contributed by atoms with E-state index in [2.05, 4.69) is 31.2 Å². The molecule has 0 saturated carbocycles. The molecule has 114 valence electrons. The van der Waals surface area contributed by atoms with Gasteiger partial charge in [-0.25, -0.2) is 4.68 Å². The van der Waals surface area contributed by atoms with Gasteiger partial charge >= 0.3 is 0 Å². The summed E-state index contributed by atoms with van der Waals surface area (Å²) >= 11 is 12.2. The van der Waals surface area contributed by atoms with E-state index in [0.29, 0.717) is 16.0 Å². The highest BCUT2D eigenvalue weighted by atomic mass is 35.5. The van der Waals surface area contributed by atoms with Crippen LogP contribution in [-0.4, -0.2) is 16.3 Å². The summed E-state index contributed by atoms with van der Waals surface area (Å²) in [5.74, 6) is 0.635. The first kappa shape index (κ1) is 16.3. The Bertz CT molecular complexity index is 606. The number of halogens is 2. The van der Waals surface area contributed by atoms with Crippen molar-refractivity contribution in [3.63, 3.8) is 0 Å². The molecule has 1 aromatic heterocycles. The van der Waals surface area contributed by atoms with Crippen LogP contribution in [0.15, 0.2) is 24.4 Å². The molecule has 5 heteroatoms. The maximum Gasteiger partial charge on any atom is 0.0836 e. The average Bonchev–Trinajstić information content (AvgIpc) is 2.81. The number of aromatic nitrogens is 2. The van der Waals surface area contributed by atoms with Gasteiger partial charge in [-0.2, -0.15) is 5.10 Å². The first-order chi connectivity index (χ1) is 10.0. The van der Waals surface area contributed by atoms with E-state index in [4.69, 9.17) is 23.2 Å². The second kappa shape index (κ2) is 7.30. The highest BCUT2D eigenvalue weighted by Crippen LogP contribution is 2.26. The van der Waals surface area contributed by atoms with E-state index in [1.165, 1.54) is 11.3 Å². The van der Waals surface area contributed by atoms with Crippen LogP contribution in [0.1, 0.15) is 32.0 Å². The molecule has 2 rings (SSSR count). The maximum absolute atomic E-state index is 6.29. The molecular weight excluding hydrogens is 305 g/mol. The van der Waals surface area contributed by atoms with E-state index in [-0.39, 0.29) is 0 Å². The molecule has 1 N–H and O–H groups in total. The Hall–Kier alpha value is -1.03. The Morgan fingerprint density at radius 1 is 1.29 bits per heavy atom. The van der Waals surface area contributed by atoms with E-state index in [1.807, 2.05) is 23.0 Å². The Kier molecular flexibility index (Phi) is 5.68. The standard InChI is InChI=1S/C16H21Cl2N3/c1-4-15-12(9-19-8-11(2)3)10-20-21(15)16-6-5-13(17)7-14(16)18/h5-7,10-11,19H,4,8-9H2,1-3H3. The summed E-state index contributed by atoms with van der Waals surface area (Å²) < 4.78 is 1.91. The van der Waals surface area contributed by atoms with Crippen LogP contribution < -0.4 is 5.32 Å². The van der Waals surface area contributed by atoms with Crippen molar-refractivity contribution in [3.05, 3.63) is 45.7 Å². The fourth-order valence-electron chi connectivity index (χ4n) is 2.29. The van der Waals surface area contributed by atoms with Gasteiger partial charge in [0.05, 0.1) is 16.9 Å². The second-order valence-electron chi connectivity index (χ2n) is 5.50. The van der Waals surface area contributed by atoms with Crippen LogP contribution in [0, 0.1) is 5.92 Å². The lowest BCUT2D eigenvalue weighted by molar-refractivity contribution is 0.551. The third-order valence-corrected chi connectivity index (χ3v) is 3.83. The lowest BCUT2D eigenvalue weighted by atomic mass is 10.2. The van der Waals surface area contributed by atoms with E-state index in [1.54, 1.807) is 6.07 Å². The van der Waals surface area contributed by atoms with Crippen LogP contribution in [0.4, 0.5) is 0 Å². The molecule has 0 unspecified atom stereocenters. The van der Waals surface area contributed by atoms with Gasteiger partial charge in [0, 0.05) is 22.8 Å². The van der Waals surface area contributed by atoms with Gasteiger partial charge in [0.2, 0.25) is 0 Å². The van der Waals surface area contributed by atoms with Gasteiger partial charge in [0.15, 0.2) is 0 Å². The minimum absolute atomic E-state index is 0.613. The van der Waals surface area contributed by atoms with E-state index < -0.39 is 0 Å². The minimum atomic E-state index is 0.613. The molecule has 21 heavy (non-hydrogen) atoms. The lowest BCUT2D eigenvalue weighted by Crippen LogP contribution is -2.19. The van der Waals surface area contributed by atoms with Gasteiger partial charge in [-0.05, 0) is 37.1 Å². The van der Waals surface area contributed by atoms with Crippen LogP contribution >= 0.6 is 23.2 Å². The zero-order valence-electron chi connectivity index (χ0n) is 12.7. The molecule has 0 amide bonds. The zero-order valence-corrected chi connectivity index (χ0v) is 14.2. The lowest BCUT2D eigenvalue weighted by Gasteiger charge is -2.11. The Balaban J connectivity index is 2.26. The molecule has 2 aromatic rings. The summed E-state index contributed by atoms with van der Waals surface area (Å²) in [4.78, 5) is 0. The molecule has 0 aliphatic heterocycles. The normalized spacial score (nSPS) is 11.3. The van der Waals surface area contributed by atoms with Gasteiger partial charge in [0.1, 0.15) is 0 Å². The summed E-state index contributed by atoms with van der Waals surface area (Å²) in [6, 6.07) is 5.49. The van der Waals surface area contributed by atoms with E-state index >= 15 is 0 Å². The molecular formula is C16H21Cl2N3. The molecule has 0 radical (unpaired) electrons. The van der Waals surface area contributed by atoms with Crippen molar-refractivity contribution in [3.8, 4) is 5.69 Å². The topological polar surface area (TPSA) is 29.9 Å². The summed E-state index contributed by atoms with van der Waals surface area (Å²) in [5.41, 5.74) is 3.26. The summed E-state index contributed by atoms with van der Waals surface area (Å²) in [6.45, 7) is 8.35. The van der Waals surface area contributed by atoms with Crippen LogP contribution in [0.3, 0.4) is 0 Å². The van der Waals surface area contributed by atoms with Crippen LogP contribution in [0.2, 0.25) is 10.0 Å². The monoisotopic (exact) mass is 325 g/mol. The summed E-state index contributed by atoms with van der Waals surface area (Å²) in [7, 11) is 0. The number of rotatable bonds is 6. The fraction of sp³-hybridized carbons (Fsp3) is 0.438. The number of hydrogen-bond donors (Lipinski definition) is 1. The van der Waals surface area contributed by atoms with Gasteiger partial charge in [-0.15, -0.1) is 0 Å². The smallest absolute Gasteiger partial charge is 0.0836 e. The van der Waals surface area contributed by atoms with Crippen molar-refractivity contribution in [1.82, 2.24) is 15.1 Å². The third kappa shape index (κ3) is 4.00. The van der Waals surface area contributed by atoms with Crippen LogP contribution in [0.25, 0.3) is 5.69 Å². The molecule has 0 aliphatic carbocycles. The van der Waals surface area contributed by atoms with Crippen molar-refractivity contribution in [2.24, 2.45) is 5.92 Å². The van der Waals surface area contributed by atoms with Crippen LogP contribution in [0.5, 0.6) is 0 Å². The Morgan fingerprint density at radius 3 is 2.67 bits per heavy atom. The zero-order chi connectivity index (χ0) is 15.4. The largest absolute Gasteiger partial charge is 0.312 e. The van der Waals surface area contributed by atoms with Crippen molar-refractivity contribution in [1.29, 1.82) is 0 Å². The van der Waals surface area contributed by atoms with Gasteiger partial charge in [-0.1, -0.05) is 44.0 Å². The predicted molar refractivity (Wildman–Crippen MR) is 89.5 cm³/mol. The summed E-state index contributed by atoms with van der Waals surface area (Å²) in [5, 5.41) is 9.20. The quantitative estimate of drug-likeness (QED) is 0.848. The molecule has 1 aromatic carbocycles. The van der Waals surface area contributed by atoms with Crippen molar-refractivity contribution < 1.29 is 0 Å². The van der Waals surface area contributed by atoms with Gasteiger partial charge in [-0.3, -0.25) is 0 Å².